The van der Waals surface area contributed by atoms with Crippen molar-refractivity contribution in [1.29, 1.82) is 0 Å². The Morgan fingerprint density at radius 3 is 2.57 bits per heavy atom. The summed E-state index contributed by atoms with van der Waals surface area (Å²) in [5.74, 6) is 0.990. The van der Waals surface area contributed by atoms with E-state index in [2.05, 4.69) is 32.0 Å². The summed E-state index contributed by atoms with van der Waals surface area (Å²) in [4.78, 5) is 0. The average molecular weight is 192 g/mol. The van der Waals surface area contributed by atoms with E-state index in [9.17, 15) is 0 Å². The highest BCUT2D eigenvalue weighted by atomic mass is 16.5. The average Bonchev–Trinajstić information content (AvgIpc) is 2.18. The van der Waals surface area contributed by atoms with E-state index in [1.54, 1.807) is 7.11 Å². The normalized spacial score (nSPS) is 10.2. The van der Waals surface area contributed by atoms with Crippen molar-refractivity contribution in [2.45, 2.75) is 39.5 Å². The molecular formula is C13H20O. The van der Waals surface area contributed by atoms with E-state index in [0.717, 1.165) is 5.75 Å². The zero-order valence-corrected chi connectivity index (χ0v) is 9.47. The van der Waals surface area contributed by atoms with Crippen molar-refractivity contribution in [2.24, 2.45) is 0 Å². The van der Waals surface area contributed by atoms with Gasteiger partial charge in [-0.15, -0.1) is 0 Å². The molecule has 0 aliphatic heterocycles. The summed E-state index contributed by atoms with van der Waals surface area (Å²) in [5, 5.41) is 0. The van der Waals surface area contributed by atoms with Gasteiger partial charge in [0.15, 0.2) is 0 Å². The number of aryl methyl sites for hydroxylation is 2. The molecule has 0 radical (unpaired) electrons. The first-order valence-electron chi connectivity index (χ1n) is 5.41. The largest absolute Gasteiger partial charge is 0.496 e. The Hall–Kier alpha value is -0.980. The molecule has 78 valence electrons. The summed E-state index contributed by atoms with van der Waals surface area (Å²) >= 11 is 0. The van der Waals surface area contributed by atoms with Crippen molar-refractivity contribution < 1.29 is 4.74 Å². The molecule has 1 heteroatoms. The summed E-state index contributed by atoms with van der Waals surface area (Å²) in [6.45, 7) is 4.33. The minimum atomic E-state index is 0.990. The van der Waals surface area contributed by atoms with Crippen LogP contribution in [0.1, 0.15) is 37.3 Å². The predicted octanol–water partition coefficient (Wildman–Crippen LogP) is 3.74. The SMILES string of the molecule is CCCCCc1ccc(OC)c(C)c1. The lowest BCUT2D eigenvalue weighted by molar-refractivity contribution is 0.411. The Bertz CT molecular complexity index is 279. The van der Waals surface area contributed by atoms with E-state index in [1.807, 2.05) is 0 Å². The highest BCUT2D eigenvalue weighted by Crippen LogP contribution is 2.19. The summed E-state index contributed by atoms with van der Waals surface area (Å²) in [6.07, 6.45) is 5.10. The molecule has 0 spiro atoms. The first kappa shape index (κ1) is 11.1. The first-order valence-corrected chi connectivity index (χ1v) is 5.41. The number of benzene rings is 1. The molecule has 1 rings (SSSR count). The molecular weight excluding hydrogens is 172 g/mol. The van der Waals surface area contributed by atoms with Gasteiger partial charge in [0, 0.05) is 0 Å². The number of methoxy groups -OCH3 is 1. The first-order chi connectivity index (χ1) is 6.77. The summed E-state index contributed by atoms with van der Waals surface area (Å²) in [5.41, 5.74) is 2.67. The van der Waals surface area contributed by atoms with E-state index in [-0.39, 0.29) is 0 Å². The van der Waals surface area contributed by atoms with Gasteiger partial charge in [-0.3, -0.25) is 0 Å². The summed E-state index contributed by atoms with van der Waals surface area (Å²) in [7, 11) is 1.72. The second-order valence-electron chi connectivity index (χ2n) is 3.76. The molecule has 0 amide bonds. The van der Waals surface area contributed by atoms with Crippen molar-refractivity contribution in [3.05, 3.63) is 29.3 Å². The highest BCUT2D eigenvalue weighted by molar-refractivity contribution is 5.36. The fourth-order valence-electron chi connectivity index (χ4n) is 1.68. The maximum absolute atomic E-state index is 5.23. The van der Waals surface area contributed by atoms with E-state index in [1.165, 1.54) is 36.8 Å². The van der Waals surface area contributed by atoms with Gasteiger partial charge in [-0.2, -0.15) is 0 Å². The fraction of sp³-hybridized carbons (Fsp3) is 0.538. The van der Waals surface area contributed by atoms with E-state index in [0.29, 0.717) is 0 Å². The van der Waals surface area contributed by atoms with Gasteiger partial charge in [0.1, 0.15) is 5.75 Å². The molecule has 1 nitrogen and oxygen atoms in total. The molecule has 0 fully saturated rings. The van der Waals surface area contributed by atoms with Crippen molar-refractivity contribution in [3.63, 3.8) is 0 Å². The van der Waals surface area contributed by atoms with Crippen LogP contribution >= 0.6 is 0 Å². The number of hydrogen-bond donors (Lipinski definition) is 0. The Kier molecular flexibility index (Phi) is 4.51. The second-order valence-corrected chi connectivity index (χ2v) is 3.76. The zero-order valence-electron chi connectivity index (χ0n) is 9.47. The van der Waals surface area contributed by atoms with Gasteiger partial charge in [-0.1, -0.05) is 31.9 Å². The number of ether oxygens (including phenoxy) is 1. The van der Waals surface area contributed by atoms with E-state index < -0.39 is 0 Å². The number of hydrogen-bond acceptors (Lipinski definition) is 1. The smallest absolute Gasteiger partial charge is 0.121 e. The van der Waals surface area contributed by atoms with Crippen LogP contribution in [-0.2, 0) is 6.42 Å². The summed E-state index contributed by atoms with van der Waals surface area (Å²) in [6, 6.07) is 6.46. The van der Waals surface area contributed by atoms with Gasteiger partial charge >= 0.3 is 0 Å². The van der Waals surface area contributed by atoms with Crippen molar-refractivity contribution >= 4 is 0 Å². The van der Waals surface area contributed by atoms with Gasteiger partial charge in [0.25, 0.3) is 0 Å². The molecule has 0 unspecified atom stereocenters. The molecule has 0 aliphatic carbocycles. The molecule has 1 aromatic rings. The monoisotopic (exact) mass is 192 g/mol. The molecule has 0 saturated carbocycles. The minimum absolute atomic E-state index is 0.990. The van der Waals surface area contributed by atoms with Crippen LogP contribution in [0.25, 0.3) is 0 Å². The molecule has 0 N–H and O–H groups in total. The van der Waals surface area contributed by atoms with Crippen LogP contribution in [0.4, 0.5) is 0 Å². The highest BCUT2D eigenvalue weighted by Gasteiger charge is 1.99. The van der Waals surface area contributed by atoms with Crippen LogP contribution < -0.4 is 4.74 Å². The predicted molar refractivity (Wildman–Crippen MR) is 61.0 cm³/mol. The molecule has 0 bridgehead atoms. The lowest BCUT2D eigenvalue weighted by atomic mass is 10.0. The second kappa shape index (κ2) is 5.69. The Morgan fingerprint density at radius 2 is 2.00 bits per heavy atom. The fourth-order valence-corrected chi connectivity index (χ4v) is 1.68. The van der Waals surface area contributed by atoms with Crippen LogP contribution in [0.5, 0.6) is 5.75 Å². The molecule has 0 heterocycles. The third-order valence-electron chi connectivity index (χ3n) is 2.53. The lowest BCUT2D eigenvalue weighted by Gasteiger charge is -2.06. The zero-order chi connectivity index (χ0) is 10.4. The van der Waals surface area contributed by atoms with Gasteiger partial charge in [0.2, 0.25) is 0 Å². The van der Waals surface area contributed by atoms with Crippen LogP contribution in [-0.4, -0.2) is 7.11 Å². The van der Waals surface area contributed by atoms with Crippen molar-refractivity contribution in [3.8, 4) is 5.75 Å². The van der Waals surface area contributed by atoms with E-state index >= 15 is 0 Å². The van der Waals surface area contributed by atoms with Crippen LogP contribution in [0.15, 0.2) is 18.2 Å². The molecule has 14 heavy (non-hydrogen) atoms. The van der Waals surface area contributed by atoms with Crippen LogP contribution in [0.2, 0.25) is 0 Å². The van der Waals surface area contributed by atoms with Crippen LogP contribution in [0, 0.1) is 6.92 Å². The van der Waals surface area contributed by atoms with Gasteiger partial charge < -0.3 is 4.74 Å². The molecule has 0 saturated heterocycles. The molecule has 0 aliphatic rings. The maximum Gasteiger partial charge on any atom is 0.121 e. The van der Waals surface area contributed by atoms with Gasteiger partial charge in [0.05, 0.1) is 7.11 Å². The Labute approximate surface area is 87.1 Å². The number of unbranched alkanes of at least 4 members (excludes halogenated alkanes) is 2. The Balaban J connectivity index is 2.57. The van der Waals surface area contributed by atoms with E-state index in [4.69, 9.17) is 4.74 Å². The topological polar surface area (TPSA) is 9.23 Å². The van der Waals surface area contributed by atoms with Gasteiger partial charge in [-0.05, 0) is 37.0 Å². The number of rotatable bonds is 5. The lowest BCUT2D eigenvalue weighted by Crippen LogP contribution is -1.90. The van der Waals surface area contributed by atoms with Crippen molar-refractivity contribution in [1.82, 2.24) is 0 Å². The summed E-state index contributed by atoms with van der Waals surface area (Å²) < 4.78 is 5.23. The standard InChI is InChI=1S/C13H20O/c1-4-5-6-7-12-8-9-13(14-3)11(2)10-12/h8-10H,4-7H2,1-3H3. The Morgan fingerprint density at radius 1 is 1.21 bits per heavy atom. The minimum Gasteiger partial charge on any atom is -0.496 e. The van der Waals surface area contributed by atoms with Crippen LogP contribution in [0.3, 0.4) is 0 Å². The molecule has 1 aromatic carbocycles. The quantitative estimate of drug-likeness (QED) is 0.646. The van der Waals surface area contributed by atoms with Crippen molar-refractivity contribution in [2.75, 3.05) is 7.11 Å². The maximum atomic E-state index is 5.23. The third-order valence-corrected chi connectivity index (χ3v) is 2.53. The molecule has 0 aromatic heterocycles. The molecule has 0 atom stereocenters. The third kappa shape index (κ3) is 3.06. The van der Waals surface area contributed by atoms with Gasteiger partial charge in [-0.25, -0.2) is 0 Å².